The quantitative estimate of drug-likeness (QED) is 0.822. The topological polar surface area (TPSA) is 49.4 Å². The van der Waals surface area contributed by atoms with Crippen molar-refractivity contribution in [2.75, 3.05) is 19.6 Å². The smallest absolute Gasteiger partial charge is 0.252 e. The number of rotatable bonds is 5. The summed E-state index contributed by atoms with van der Waals surface area (Å²) in [7, 11) is -3.37. The van der Waals surface area contributed by atoms with Crippen LogP contribution in [0.4, 0.5) is 0 Å². The van der Waals surface area contributed by atoms with Gasteiger partial charge in [-0.05, 0) is 53.9 Å². The maximum absolute atomic E-state index is 12.8. The van der Waals surface area contributed by atoms with Crippen LogP contribution >= 0.6 is 39.7 Å². The Hall–Kier alpha value is 0.340. The van der Waals surface area contributed by atoms with Crippen LogP contribution in [0.3, 0.4) is 0 Å². The van der Waals surface area contributed by atoms with Crippen molar-refractivity contribution in [3.05, 3.63) is 15.4 Å². The van der Waals surface area contributed by atoms with Gasteiger partial charge >= 0.3 is 0 Å². The summed E-state index contributed by atoms with van der Waals surface area (Å²) >= 11 is 4.70. The molecule has 20 heavy (non-hydrogen) atoms. The van der Waals surface area contributed by atoms with Crippen molar-refractivity contribution in [2.45, 2.75) is 36.9 Å². The van der Waals surface area contributed by atoms with Crippen LogP contribution in [0.1, 0.15) is 25.3 Å². The maximum Gasteiger partial charge on any atom is 0.252 e. The van der Waals surface area contributed by atoms with E-state index in [1.807, 2.05) is 13.8 Å². The van der Waals surface area contributed by atoms with Gasteiger partial charge in [-0.25, -0.2) is 8.42 Å². The molecule has 1 atom stereocenters. The average molecular weight is 404 g/mol. The molecule has 0 amide bonds. The summed E-state index contributed by atoms with van der Waals surface area (Å²) in [6.45, 7) is 6.17. The van der Waals surface area contributed by atoms with Gasteiger partial charge in [0.15, 0.2) is 0 Å². The Balaban J connectivity index is 0.00000200. The van der Waals surface area contributed by atoms with E-state index >= 15 is 0 Å². The number of nitrogens with zero attached hydrogens (tertiary/aromatic N) is 1. The molecule has 0 aliphatic carbocycles. The highest BCUT2D eigenvalue weighted by Gasteiger charge is 2.33. The first-order valence-corrected chi connectivity index (χ1v) is 9.50. The molecule has 1 aliphatic heterocycles. The molecule has 4 nitrogen and oxygen atoms in total. The summed E-state index contributed by atoms with van der Waals surface area (Å²) in [6.07, 6.45) is 1.73. The van der Waals surface area contributed by atoms with Crippen LogP contribution in [-0.2, 0) is 10.0 Å². The zero-order valence-corrected chi connectivity index (χ0v) is 15.6. The van der Waals surface area contributed by atoms with E-state index in [1.54, 1.807) is 10.4 Å². The van der Waals surface area contributed by atoms with Crippen LogP contribution in [0.2, 0.25) is 0 Å². The van der Waals surface area contributed by atoms with Gasteiger partial charge in [0.1, 0.15) is 4.21 Å². The Morgan fingerprint density at radius 3 is 2.70 bits per heavy atom. The van der Waals surface area contributed by atoms with Crippen molar-refractivity contribution in [3.63, 3.8) is 0 Å². The van der Waals surface area contributed by atoms with Gasteiger partial charge in [-0.3, -0.25) is 0 Å². The third-order valence-corrected chi connectivity index (χ3v) is 7.82. The first kappa shape index (κ1) is 18.4. The van der Waals surface area contributed by atoms with E-state index in [2.05, 4.69) is 21.2 Å². The Bertz CT molecular complexity index is 522. The SMILES string of the molecule is CCCN(C1CCNC1)S(=O)(=O)c1cc(C)c(Br)s1.Cl. The molecule has 1 fully saturated rings. The van der Waals surface area contributed by atoms with Crippen LogP contribution in [0, 0.1) is 6.92 Å². The van der Waals surface area contributed by atoms with Crippen molar-refractivity contribution in [1.29, 1.82) is 0 Å². The average Bonchev–Trinajstić information content (AvgIpc) is 2.97. The molecule has 0 saturated carbocycles. The molecule has 2 heterocycles. The number of hydrogen-bond donors (Lipinski definition) is 1. The van der Waals surface area contributed by atoms with E-state index in [0.29, 0.717) is 10.8 Å². The summed E-state index contributed by atoms with van der Waals surface area (Å²) in [5.74, 6) is 0. The molecule has 1 saturated heterocycles. The van der Waals surface area contributed by atoms with Crippen molar-refractivity contribution >= 4 is 49.7 Å². The zero-order valence-electron chi connectivity index (χ0n) is 11.6. The molecule has 0 aromatic carbocycles. The number of nitrogens with one attached hydrogen (secondary N) is 1. The molecular weight excluding hydrogens is 384 g/mol. The number of sulfonamides is 1. The predicted molar refractivity (Wildman–Crippen MR) is 89.5 cm³/mol. The van der Waals surface area contributed by atoms with E-state index in [1.165, 1.54) is 11.3 Å². The van der Waals surface area contributed by atoms with E-state index in [4.69, 9.17) is 0 Å². The summed E-state index contributed by atoms with van der Waals surface area (Å²) in [6, 6.07) is 1.85. The second kappa shape index (κ2) is 7.56. The fraction of sp³-hybridized carbons (Fsp3) is 0.667. The van der Waals surface area contributed by atoms with Crippen molar-refractivity contribution in [2.24, 2.45) is 0 Å². The third-order valence-electron chi connectivity index (χ3n) is 3.28. The molecule has 1 N–H and O–H groups in total. The number of hydrogen-bond acceptors (Lipinski definition) is 4. The molecule has 8 heteroatoms. The lowest BCUT2D eigenvalue weighted by Gasteiger charge is -2.26. The monoisotopic (exact) mass is 402 g/mol. The summed E-state index contributed by atoms with van der Waals surface area (Å²) in [5.41, 5.74) is 0.976. The van der Waals surface area contributed by atoms with Crippen LogP contribution in [0.5, 0.6) is 0 Å². The first-order valence-electron chi connectivity index (χ1n) is 6.45. The van der Waals surface area contributed by atoms with E-state index < -0.39 is 10.0 Å². The number of halogens is 2. The number of thiophene rings is 1. The Kier molecular flexibility index (Phi) is 6.95. The molecular formula is C12H20BrClN2O2S2. The highest BCUT2D eigenvalue weighted by molar-refractivity contribution is 9.11. The Labute approximate surface area is 139 Å². The second-order valence-corrected chi connectivity index (χ2v) is 9.27. The van der Waals surface area contributed by atoms with Gasteiger partial charge in [-0.15, -0.1) is 23.7 Å². The minimum Gasteiger partial charge on any atom is -0.315 e. The van der Waals surface area contributed by atoms with E-state index in [9.17, 15) is 8.42 Å². The lowest BCUT2D eigenvalue weighted by molar-refractivity contribution is 0.336. The molecule has 0 bridgehead atoms. The summed E-state index contributed by atoms with van der Waals surface area (Å²) in [5, 5.41) is 3.24. The minimum absolute atomic E-state index is 0. The third kappa shape index (κ3) is 3.75. The van der Waals surface area contributed by atoms with Crippen LogP contribution in [0.25, 0.3) is 0 Å². The lowest BCUT2D eigenvalue weighted by atomic mass is 10.2. The van der Waals surface area contributed by atoms with Gasteiger partial charge in [-0.2, -0.15) is 4.31 Å². The normalized spacial score (nSPS) is 19.3. The first-order chi connectivity index (χ1) is 8.96. The van der Waals surface area contributed by atoms with Crippen LogP contribution in [-0.4, -0.2) is 38.4 Å². The second-order valence-electron chi connectivity index (χ2n) is 4.78. The molecule has 0 spiro atoms. The van der Waals surface area contributed by atoms with E-state index in [0.717, 1.165) is 35.3 Å². The minimum atomic E-state index is -3.37. The Morgan fingerprint density at radius 2 is 2.25 bits per heavy atom. The fourth-order valence-electron chi connectivity index (χ4n) is 2.28. The molecule has 1 aromatic heterocycles. The van der Waals surface area contributed by atoms with Gasteiger partial charge < -0.3 is 5.32 Å². The molecule has 0 radical (unpaired) electrons. The predicted octanol–water partition coefficient (Wildman–Crippen LogP) is 3.00. The molecule has 1 aromatic rings. The highest BCUT2D eigenvalue weighted by atomic mass is 79.9. The van der Waals surface area contributed by atoms with Gasteiger partial charge in [0.05, 0.1) is 3.79 Å². The van der Waals surface area contributed by atoms with Crippen molar-refractivity contribution < 1.29 is 8.42 Å². The zero-order chi connectivity index (χ0) is 14.0. The van der Waals surface area contributed by atoms with Crippen LogP contribution < -0.4 is 5.32 Å². The molecule has 1 unspecified atom stereocenters. The van der Waals surface area contributed by atoms with Crippen molar-refractivity contribution in [3.8, 4) is 0 Å². The summed E-state index contributed by atoms with van der Waals surface area (Å²) in [4.78, 5) is 0. The summed E-state index contributed by atoms with van der Waals surface area (Å²) < 4.78 is 28.5. The van der Waals surface area contributed by atoms with Gasteiger partial charge in [0.2, 0.25) is 0 Å². The van der Waals surface area contributed by atoms with Crippen molar-refractivity contribution in [1.82, 2.24) is 9.62 Å². The van der Waals surface area contributed by atoms with E-state index in [-0.39, 0.29) is 18.4 Å². The Morgan fingerprint density at radius 1 is 1.55 bits per heavy atom. The van der Waals surface area contributed by atoms with Crippen LogP contribution in [0.15, 0.2) is 14.1 Å². The standard InChI is InChI=1S/C12H19BrN2O2S2.ClH/c1-3-6-15(10-4-5-14-8-10)19(16,17)11-7-9(2)12(13)18-11;/h7,10,14H,3-6,8H2,1-2H3;1H. The maximum atomic E-state index is 12.8. The lowest BCUT2D eigenvalue weighted by Crippen LogP contribution is -2.41. The van der Waals surface area contributed by atoms with Gasteiger partial charge in [0.25, 0.3) is 10.0 Å². The molecule has 2 rings (SSSR count). The number of aryl methyl sites for hydroxylation is 1. The van der Waals surface area contributed by atoms with Gasteiger partial charge in [0, 0.05) is 19.1 Å². The molecule has 1 aliphatic rings. The van der Waals surface area contributed by atoms with Gasteiger partial charge in [-0.1, -0.05) is 6.92 Å². The largest absolute Gasteiger partial charge is 0.315 e. The fourth-order valence-corrected chi connectivity index (χ4v) is 6.38. The molecule has 116 valence electrons. The highest BCUT2D eigenvalue weighted by Crippen LogP contribution is 2.33.